The van der Waals surface area contributed by atoms with Crippen LogP contribution in [0.5, 0.6) is 0 Å². The Hall–Kier alpha value is -1.66. The number of carbonyl (C=O) groups is 1. The maximum Gasteiger partial charge on any atom is 0.226 e. The van der Waals surface area contributed by atoms with E-state index in [0.29, 0.717) is 11.6 Å². The molecule has 1 amide bonds. The van der Waals surface area contributed by atoms with Gasteiger partial charge in [-0.15, -0.1) is 0 Å². The molecule has 1 fully saturated rings. The van der Waals surface area contributed by atoms with Crippen molar-refractivity contribution in [3.05, 3.63) is 18.2 Å². The standard InChI is InChI=1S/C15H20N4OS/c16-11-5-6-12-13(10-11)21-15(17-12)18-14(20)4-3-9-19-7-1-2-8-19/h5-6,10H,1-4,7-9,16H2,(H,17,18,20). The number of amides is 1. The molecule has 0 bridgehead atoms. The summed E-state index contributed by atoms with van der Waals surface area (Å²) >= 11 is 1.47. The van der Waals surface area contributed by atoms with Crippen molar-refractivity contribution in [3.8, 4) is 0 Å². The van der Waals surface area contributed by atoms with Crippen molar-refractivity contribution < 1.29 is 4.79 Å². The fourth-order valence-electron chi connectivity index (χ4n) is 2.65. The first-order valence-electron chi connectivity index (χ1n) is 7.39. The number of rotatable bonds is 5. The predicted octanol–water partition coefficient (Wildman–Crippen LogP) is 2.69. The van der Waals surface area contributed by atoms with Gasteiger partial charge in [0.05, 0.1) is 10.2 Å². The van der Waals surface area contributed by atoms with Gasteiger partial charge in [0.2, 0.25) is 5.91 Å². The molecule has 0 aliphatic carbocycles. The van der Waals surface area contributed by atoms with Crippen LogP contribution < -0.4 is 11.1 Å². The first-order valence-corrected chi connectivity index (χ1v) is 8.21. The first-order chi connectivity index (χ1) is 10.2. The largest absolute Gasteiger partial charge is 0.399 e. The van der Waals surface area contributed by atoms with Gasteiger partial charge in [0.1, 0.15) is 0 Å². The number of fused-ring (bicyclic) bond motifs is 1. The summed E-state index contributed by atoms with van der Waals surface area (Å²) in [6, 6.07) is 5.59. The van der Waals surface area contributed by atoms with Crippen LogP contribution in [0.25, 0.3) is 10.2 Å². The summed E-state index contributed by atoms with van der Waals surface area (Å²) in [5, 5.41) is 3.54. The van der Waals surface area contributed by atoms with Gasteiger partial charge >= 0.3 is 0 Å². The first kappa shape index (κ1) is 14.3. The van der Waals surface area contributed by atoms with Gasteiger partial charge in [0.15, 0.2) is 5.13 Å². The van der Waals surface area contributed by atoms with Crippen molar-refractivity contribution in [2.45, 2.75) is 25.7 Å². The number of anilines is 2. The van der Waals surface area contributed by atoms with E-state index in [2.05, 4.69) is 15.2 Å². The van der Waals surface area contributed by atoms with Crippen LogP contribution in [0.3, 0.4) is 0 Å². The zero-order valence-electron chi connectivity index (χ0n) is 12.0. The summed E-state index contributed by atoms with van der Waals surface area (Å²) in [6.45, 7) is 3.38. The average Bonchev–Trinajstić information content (AvgIpc) is 3.07. The van der Waals surface area contributed by atoms with E-state index in [4.69, 9.17) is 5.73 Å². The molecule has 0 unspecified atom stereocenters. The van der Waals surface area contributed by atoms with Crippen molar-refractivity contribution in [1.82, 2.24) is 9.88 Å². The van der Waals surface area contributed by atoms with E-state index in [9.17, 15) is 4.79 Å². The molecule has 5 nitrogen and oxygen atoms in total. The van der Waals surface area contributed by atoms with Gasteiger partial charge < -0.3 is 16.0 Å². The summed E-state index contributed by atoms with van der Waals surface area (Å²) in [7, 11) is 0. The molecule has 1 saturated heterocycles. The fraction of sp³-hybridized carbons (Fsp3) is 0.467. The second-order valence-corrected chi connectivity index (χ2v) is 6.48. The Bertz CT molecular complexity index is 634. The van der Waals surface area contributed by atoms with Crippen molar-refractivity contribution in [3.63, 3.8) is 0 Å². The highest BCUT2D eigenvalue weighted by molar-refractivity contribution is 7.22. The van der Waals surface area contributed by atoms with Gasteiger partial charge in [0.25, 0.3) is 0 Å². The molecular formula is C15H20N4OS. The number of likely N-dealkylation sites (tertiary alicyclic amines) is 1. The van der Waals surface area contributed by atoms with Crippen LogP contribution in [0.4, 0.5) is 10.8 Å². The smallest absolute Gasteiger partial charge is 0.226 e. The van der Waals surface area contributed by atoms with Gasteiger partial charge in [-0.3, -0.25) is 4.79 Å². The van der Waals surface area contributed by atoms with Gasteiger partial charge in [-0.1, -0.05) is 11.3 Å². The van der Waals surface area contributed by atoms with E-state index in [1.807, 2.05) is 18.2 Å². The van der Waals surface area contributed by atoms with Crippen LogP contribution in [0.1, 0.15) is 25.7 Å². The molecule has 0 radical (unpaired) electrons. The maximum absolute atomic E-state index is 11.9. The highest BCUT2D eigenvalue weighted by Gasteiger charge is 2.12. The SMILES string of the molecule is Nc1ccc2nc(NC(=O)CCCN3CCCC3)sc2c1. The number of hydrogen-bond donors (Lipinski definition) is 2. The normalized spacial score (nSPS) is 15.6. The molecule has 6 heteroatoms. The summed E-state index contributed by atoms with van der Waals surface area (Å²) in [4.78, 5) is 18.8. The summed E-state index contributed by atoms with van der Waals surface area (Å²) < 4.78 is 1.00. The molecule has 0 saturated carbocycles. The van der Waals surface area contributed by atoms with Crippen molar-refractivity contribution in [1.29, 1.82) is 0 Å². The van der Waals surface area contributed by atoms with E-state index >= 15 is 0 Å². The number of nitrogens with two attached hydrogens (primary N) is 1. The van der Waals surface area contributed by atoms with Crippen molar-refractivity contribution in [2.24, 2.45) is 0 Å². The van der Waals surface area contributed by atoms with Crippen molar-refractivity contribution >= 4 is 38.3 Å². The Morgan fingerprint density at radius 3 is 3.00 bits per heavy atom. The van der Waals surface area contributed by atoms with Gasteiger partial charge in [-0.2, -0.15) is 0 Å². The van der Waals surface area contributed by atoms with Crippen molar-refractivity contribution in [2.75, 3.05) is 30.7 Å². The lowest BCUT2D eigenvalue weighted by atomic mass is 10.3. The zero-order chi connectivity index (χ0) is 14.7. The molecular weight excluding hydrogens is 284 g/mol. The number of carbonyl (C=O) groups excluding carboxylic acids is 1. The van der Waals surface area contributed by atoms with Crippen LogP contribution in [0.15, 0.2) is 18.2 Å². The monoisotopic (exact) mass is 304 g/mol. The molecule has 1 aliphatic heterocycles. The molecule has 1 aliphatic rings. The highest BCUT2D eigenvalue weighted by atomic mass is 32.1. The van der Waals surface area contributed by atoms with Gasteiger partial charge in [-0.25, -0.2) is 4.98 Å². The molecule has 0 atom stereocenters. The topological polar surface area (TPSA) is 71.2 Å². The lowest BCUT2D eigenvalue weighted by Crippen LogP contribution is -2.22. The van der Waals surface area contributed by atoms with Gasteiger partial charge in [-0.05, 0) is 57.1 Å². The number of nitrogens with zero attached hydrogens (tertiary/aromatic N) is 2. The summed E-state index contributed by atoms with van der Waals surface area (Å²) in [5.74, 6) is 0.0428. The molecule has 3 rings (SSSR count). The van der Waals surface area contributed by atoms with E-state index < -0.39 is 0 Å². The maximum atomic E-state index is 11.9. The lowest BCUT2D eigenvalue weighted by molar-refractivity contribution is -0.116. The minimum absolute atomic E-state index is 0.0428. The molecule has 2 aromatic rings. The van der Waals surface area contributed by atoms with E-state index in [0.717, 1.165) is 28.9 Å². The third-order valence-electron chi connectivity index (χ3n) is 3.74. The summed E-state index contributed by atoms with van der Waals surface area (Å²) in [5.41, 5.74) is 7.34. The van der Waals surface area contributed by atoms with Crippen LogP contribution in [0.2, 0.25) is 0 Å². The molecule has 21 heavy (non-hydrogen) atoms. The Balaban J connectivity index is 1.51. The minimum atomic E-state index is 0.0428. The Morgan fingerprint density at radius 2 is 2.19 bits per heavy atom. The number of nitrogen functional groups attached to an aromatic ring is 1. The number of aromatic nitrogens is 1. The fourth-order valence-corrected chi connectivity index (χ4v) is 3.58. The Labute approximate surface area is 128 Å². The van der Waals surface area contributed by atoms with Gasteiger partial charge in [0, 0.05) is 12.1 Å². The third-order valence-corrected chi connectivity index (χ3v) is 4.67. The second-order valence-electron chi connectivity index (χ2n) is 5.45. The molecule has 2 heterocycles. The molecule has 112 valence electrons. The molecule has 3 N–H and O–H groups in total. The molecule has 0 spiro atoms. The van der Waals surface area contributed by atoms with E-state index in [1.165, 1.54) is 37.3 Å². The van der Waals surface area contributed by atoms with Crippen LogP contribution in [0, 0.1) is 0 Å². The average molecular weight is 304 g/mol. The van der Waals surface area contributed by atoms with Crippen LogP contribution in [-0.4, -0.2) is 35.4 Å². The molecule has 1 aromatic heterocycles. The summed E-state index contributed by atoms with van der Waals surface area (Å²) in [6.07, 6.45) is 4.04. The predicted molar refractivity (Wildman–Crippen MR) is 87.6 cm³/mol. The third kappa shape index (κ3) is 3.71. The number of thiazole rings is 1. The molecule has 1 aromatic carbocycles. The minimum Gasteiger partial charge on any atom is -0.399 e. The van der Waals surface area contributed by atoms with E-state index in [-0.39, 0.29) is 5.91 Å². The zero-order valence-corrected chi connectivity index (χ0v) is 12.8. The number of hydrogen-bond acceptors (Lipinski definition) is 5. The number of nitrogens with one attached hydrogen (secondary N) is 1. The second kappa shape index (κ2) is 6.41. The Morgan fingerprint density at radius 1 is 1.38 bits per heavy atom. The van der Waals surface area contributed by atoms with E-state index in [1.54, 1.807) is 0 Å². The van der Waals surface area contributed by atoms with Crippen LogP contribution in [-0.2, 0) is 4.79 Å². The number of benzene rings is 1. The Kier molecular flexibility index (Phi) is 4.36. The highest BCUT2D eigenvalue weighted by Crippen LogP contribution is 2.27. The quantitative estimate of drug-likeness (QED) is 0.833. The lowest BCUT2D eigenvalue weighted by Gasteiger charge is -2.13. The van der Waals surface area contributed by atoms with Crippen LogP contribution >= 0.6 is 11.3 Å².